The maximum Gasteiger partial charge on any atom is 0.266 e. The Morgan fingerprint density at radius 1 is 1.31 bits per heavy atom. The van der Waals surface area contributed by atoms with Crippen molar-refractivity contribution >= 4 is 17.7 Å². The van der Waals surface area contributed by atoms with Crippen molar-refractivity contribution in [2.75, 3.05) is 12.4 Å². The molecule has 134 valence electrons. The molecule has 0 heterocycles. The van der Waals surface area contributed by atoms with E-state index in [0.717, 1.165) is 6.42 Å². The van der Waals surface area contributed by atoms with Crippen LogP contribution in [0.2, 0.25) is 0 Å². The average Bonchev–Trinajstić information content (AvgIpc) is 2.67. The molecule has 0 aliphatic heterocycles. The van der Waals surface area contributed by atoms with Crippen LogP contribution in [0.25, 0.3) is 6.08 Å². The van der Waals surface area contributed by atoms with Crippen LogP contribution in [-0.2, 0) is 4.79 Å². The van der Waals surface area contributed by atoms with Crippen LogP contribution < -0.4 is 10.1 Å². The summed E-state index contributed by atoms with van der Waals surface area (Å²) in [5.41, 5.74) is 2.38. The Balaban J connectivity index is 2.17. The summed E-state index contributed by atoms with van der Waals surface area (Å²) in [6.07, 6.45) is 2.49. The van der Waals surface area contributed by atoms with Crippen molar-refractivity contribution in [2.45, 2.75) is 26.2 Å². The minimum atomic E-state index is -0.490. The maximum atomic E-state index is 12.4. The van der Waals surface area contributed by atoms with Gasteiger partial charge in [-0.25, -0.2) is 0 Å². The summed E-state index contributed by atoms with van der Waals surface area (Å²) in [6, 6.07) is 14.1. The van der Waals surface area contributed by atoms with Gasteiger partial charge in [0.1, 0.15) is 11.6 Å². The lowest BCUT2D eigenvalue weighted by atomic mass is 9.98. The number of carbonyl (C=O) groups is 1. The summed E-state index contributed by atoms with van der Waals surface area (Å²) in [6.45, 7) is 4.28. The zero-order valence-corrected chi connectivity index (χ0v) is 15.1. The Morgan fingerprint density at radius 3 is 2.58 bits per heavy atom. The number of nitrogens with one attached hydrogen (secondary N) is 1. The fraction of sp³-hybridized carbons (Fsp3) is 0.238. The van der Waals surface area contributed by atoms with Crippen LogP contribution in [0.15, 0.2) is 48.0 Å². The van der Waals surface area contributed by atoms with Crippen molar-refractivity contribution in [2.24, 2.45) is 0 Å². The van der Waals surface area contributed by atoms with Gasteiger partial charge < -0.3 is 15.2 Å². The van der Waals surface area contributed by atoms with Crippen molar-refractivity contribution in [3.05, 3.63) is 59.2 Å². The highest BCUT2D eigenvalue weighted by Crippen LogP contribution is 2.27. The van der Waals surface area contributed by atoms with Gasteiger partial charge >= 0.3 is 0 Å². The van der Waals surface area contributed by atoms with Crippen LogP contribution >= 0.6 is 0 Å². The molecule has 2 N–H and O–H groups in total. The topological polar surface area (TPSA) is 82.4 Å². The molecule has 0 bridgehead atoms. The molecule has 1 atom stereocenters. The lowest BCUT2D eigenvalue weighted by molar-refractivity contribution is -0.112. The van der Waals surface area contributed by atoms with Gasteiger partial charge in [-0.05, 0) is 53.8 Å². The third-order valence-electron chi connectivity index (χ3n) is 4.23. The highest BCUT2D eigenvalue weighted by molar-refractivity contribution is 6.09. The fourth-order valence-electron chi connectivity index (χ4n) is 2.43. The van der Waals surface area contributed by atoms with E-state index in [0.29, 0.717) is 17.2 Å². The van der Waals surface area contributed by atoms with E-state index in [2.05, 4.69) is 19.2 Å². The number of hydrogen-bond donors (Lipinski definition) is 2. The predicted molar refractivity (Wildman–Crippen MR) is 102 cm³/mol. The van der Waals surface area contributed by atoms with E-state index < -0.39 is 5.91 Å². The Kier molecular flexibility index (Phi) is 6.40. The first-order valence-electron chi connectivity index (χ1n) is 8.38. The molecule has 0 radical (unpaired) electrons. The number of hydrogen-bond acceptors (Lipinski definition) is 4. The van der Waals surface area contributed by atoms with E-state index in [-0.39, 0.29) is 17.1 Å². The Labute approximate surface area is 153 Å². The summed E-state index contributed by atoms with van der Waals surface area (Å²) in [4.78, 5) is 12.4. The van der Waals surface area contributed by atoms with Crippen molar-refractivity contribution in [3.8, 4) is 17.6 Å². The number of carbonyl (C=O) groups excluding carboxylic acids is 1. The predicted octanol–water partition coefficient (Wildman–Crippen LogP) is 4.46. The molecule has 0 saturated heterocycles. The zero-order valence-electron chi connectivity index (χ0n) is 15.1. The molecule has 26 heavy (non-hydrogen) atoms. The first-order valence-corrected chi connectivity index (χ1v) is 8.38. The van der Waals surface area contributed by atoms with Crippen LogP contribution in [-0.4, -0.2) is 18.1 Å². The van der Waals surface area contributed by atoms with Crippen LogP contribution in [0.3, 0.4) is 0 Å². The summed E-state index contributed by atoms with van der Waals surface area (Å²) < 4.78 is 5.03. The Bertz CT molecular complexity index is 849. The van der Waals surface area contributed by atoms with Crippen LogP contribution in [0.5, 0.6) is 11.5 Å². The van der Waals surface area contributed by atoms with Gasteiger partial charge in [0.05, 0.1) is 7.11 Å². The molecule has 0 unspecified atom stereocenters. The normalized spacial score (nSPS) is 12.2. The van der Waals surface area contributed by atoms with E-state index in [1.54, 1.807) is 12.1 Å². The number of phenols is 1. The summed E-state index contributed by atoms with van der Waals surface area (Å²) in [5, 5.41) is 21.7. The smallest absolute Gasteiger partial charge is 0.266 e. The second kappa shape index (κ2) is 8.72. The molecule has 2 aromatic carbocycles. The SMILES string of the molecule is CC[C@@H](C)c1ccc(NC(=O)/C(C#N)=C/c2ccc(O)c(OC)c2)cc1. The number of phenolic OH excluding ortho intramolecular Hbond substituents is 1. The van der Waals surface area contributed by atoms with Gasteiger partial charge in [0, 0.05) is 5.69 Å². The van der Waals surface area contributed by atoms with Gasteiger partial charge in [0.15, 0.2) is 11.5 Å². The van der Waals surface area contributed by atoms with Gasteiger partial charge in [0.2, 0.25) is 0 Å². The van der Waals surface area contributed by atoms with Gasteiger partial charge in [-0.1, -0.05) is 32.0 Å². The van der Waals surface area contributed by atoms with Crippen LogP contribution in [0, 0.1) is 11.3 Å². The van der Waals surface area contributed by atoms with Crippen molar-refractivity contribution in [3.63, 3.8) is 0 Å². The molecular weight excluding hydrogens is 328 g/mol. The fourth-order valence-corrected chi connectivity index (χ4v) is 2.43. The molecule has 0 spiro atoms. The number of ether oxygens (including phenoxy) is 1. The number of amides is 1. The highest BCUT2D eigenvalue weighted by atomic mass is 16.5. The van der Waals surface area contributed by atoms with Crippen molar-refractivity contribution in [1.29, 1.82) is 5.26 Å². The van der Waals surface area contributed by atoms with Crippen molar-refractivity contribution < 1.29 is 14.6 Å². The number of anilines is 1. The van der Waals surface area contributed by atoms with E-state index in [1.165, 1.54) is 24.8 Å². The van der Waals surface area contributed by atoms with E-state index >= 15 is 0 Å². The standard InChI is InChI=1S/C21H22N2O3/c1-4-14(2)16-6-8-18(9-7-16)23-21(25)17(13-22)11-15-5-10-19(24)20(12-15)26-3/h5-12,14,24H,4H2,1-3H3,(H,23,25)/b17-11+/t14-/m1/s1. The summed E-state index contributed by atoms with van der Waals surface area (Å²) >= 11 is 0. The number of nitrogens with zero attached hydrogens (tertiary/aromatic N) is 1. The average molecular weight is 350 g/mol. The second-order valence-corrected chi connectivity index (χ2v) is 5.99. The molecular formula is C21H22N2O3. The van der Waals surface area contributed by atoms with Gasteiger partial charge in [0.25, 0.3) is 5.91 Å². The van der Waals surface area contributed by atoms with Gasteiger partial charge in [-0.2, -0.15) is 5.26 Å². The van der Waals surface area contributed by atoms with Gasteiger partial charge in [-0.15, -0.1) is 0 Å². The van der Waals surface area contributed by atoms with E-state index in [9.17, 15) is 15.2 Å². The minimum Gasteiger partial charge on any atom is -0.504 e. The molecule has 2 rings (SSSR count). The summed E-state index contributed by atoms with van der Waals surface area (Å²) in [7, 11) is 1.43. The molecule has 0 aromatic heterocycles. The number of nitriles is 1. The lowest BCUT2D eigenvalue weighted by Crippen LogP contribution is -2.13. The maximum absolute atomic E-state index is 12.4. The molecule has 5 heteroatoms. The monoisotopic (exact) mass is 350 g/mol. The Hall–Kier alpha value is -3.26. The molecule has 0 saturated carbocycles. The number of methoxy groups -OCH3 is 1. The number of benzene rings is 2. The first kappa shape index (κ1) is 19.1. The molecule has 0 aliphatic carbocycles. The number of aromatic hydroxyl groups is 1. The van der Waals surface area contributed by atoms with E-state index in [4.69, 9.17) is 4.74 Å². The van der Waals surface area contributed by atoms with Crippen LogP contribution in [0.1, 0.15) is 37.3 Å². The zero-order chi connectivity index (χ0) is 19.1. The third-order valence-corrected chi connectivity index (χ3v) is 4.23. The molecule has 0 aliphatic rings. The molecule has 5 nitrogen and oxygen atoms in total. The first-order chi connectivity index (χ1) is 12.5. The van der Waals surface area contributed by atoms with Crippen LogP contribution in [0.4, 0.5) is 5.69 Å². The lowest BCUT2D eigenvalue weighted by Gasteiger charge is -2.10. The third kappa shape index (κ3) is 4.64. The van der Waals surface area contributed by atoms with E-state index in [1.807, 2.05) is 30.3 Å². The van der Waals surface area contributed by atoms with Crippen molar-refractivity contribution in [1.82, 2.24) is 0 Å². The Morgan fingerprint density at radius 2 is 2.00 bits per heavy atom. The molecule has 1 amide bonds. The second-order valence-electron chi connectivity index (χ2n) is 5.99. The number of rotatable bonds is 6. The van der Waals surface area contributed by atoms with Gasteiger partial charge in [-0.3, -0.25) is 4.79 Å². The quantitative estimate of drug-likeness (QED) is 0.595. The molecule has 0 fully saturated rings. The minimum absolute atomic E-state index is 0.00555. The summed E-state index contributed by atoms with van der Waals surface area (Å²) in [5.74, 6) is 0.237. The highest BCUT2D eigenvalue weighted by Gasteiger charge is 2.11. The largest absolute Gasteiger partial charge is 0.504 e. The molecule has 2 aromatic rings.